The van der Waals surface area contributed by atoms with Gasteiger partial charge in [-0.25, -0.2) is 4.98 Å². The molecule has 0 bridgehead atoms. The number of aliphatic hydroxyl groups excluding tert-OH is 1. The third-order valence-electron chi connectivity index (χ3n) is 2.22. The van der Waals surface area contributed by atoms with Crippen LogP contribution in [0.2, 0.25) is 5.15 Å². The highest BCUT2D eigenvalue weighted by molar-refractivity contribution is 7.12. The lowest BCUT2D eigenvalue weighted by atomic mass is 10.2. The van der Waals surface area contributed by atoms with E-state index >= 15 is 0 Å². The number of thiazole rings is 2. The van der Waals surface area contributed by atoms with E-state index in [2.05, 4.69) is 15.3 Å². The van der Waals surface area contributed by atoms with Crippen molar-refractivity contribution >= 4 is 40.2 Å². The van der Waals surface area contributed by atoms with Crippen LogP contribution < -0.4 is 5.32 Å². The lowest BCUT2D eigenvalue weighted by molar-refractivity contribution is 0.0921. The molecule has 2 N–H and O–H groups in total. The fourth-order valence-corrected chi connectivity index (χ4v) is 2.96. The van der Waals surface area contributed by atoms with E-state index in [4.69, 9.17) is 11.6 Å². The zero-order valence-corrected chi connectivity index (χ0v) is 11.6. The molecule has 1 atom stereocenters. The van der Waals surface area contributed by atoms with Gasteiger partial charge in [0.25, 0.3) is 5.91 Å². The van der Waals surface area contributed by atoms with E-state index in [0.29, 0.717) is 11.3 Å². The van der Waals surface area contributed by atoms with E-state index in [1.54, 1.807) is 11.7 Å². The van der Waals surface area contributed by atoms with Crippen LogP contribution in [0.25, 0.3) is 0 Å². The molecule has 2 aromatic rings. The van der Waals surface area contributed by atoms with Crippen LogP contribution in [0.5, 0.6) is 0 Å². The van der Waals surface area contributed by atoms with Crippen LogP contribution in [0.3, 0.4) is 0 Å². The SMILES string of the molecule is O=C(NC(CO)Cc1cncs1)c1scnc1Cl. The number of rotatable bonds is 5. The molecule has 0 aliphatic rings. The second-order valence-electron chi connectivity index (χ2n) is 3.50. The van der Waals surface area contributed by atoms with Crippen molar-refractivity contribution in [1.29, 1.82) is 0 Å². The minimum absolute atomic E-state index is 0.139. The average Bonchev–Trinajstić information content (AvgIpc) is 2.99. The summed E-state index contributed by atoms with van der Waals surface area (Å²) >= 11 is 8.43. The number of aliphatic hydroxyl groups is 1. The summed E-state index contributed by atoms with van der Waals surface area (Å²) in [6, 6.07) is -0.351. The van der Waals surface area contributed by atoms with Crippen molar-refractivity contribution in [3.63, 3.8) is 0 Å². The van der Waals surface area contributed by atoms with Crippen molar-refractivity contribution in [2.75, 3.05) is 6.61 Å². The molecule has 1 amide bonds. The summed E-state index contributed by atoms with van der Waals surface area (Å²) in [5, 5.41) is 12.2. The summed E-state index contributed by atoms with van der Waals surface area (Å²) in [5.41, 5.74) is 3.22. The average molecular weight is 304 g/mol. The summed E-state index contributed by atoms with van der Waals surface area (Å²) in [4.78, 5) is 21.0. The van der Waals surface area contributed by atoms with Gasteiger partial charge in [-0.2, -0.15) is 0 Å². The Labute approximate surface area is 116 Å². The van der Waals surface area contributed by atoms with Crippen LogP contribution in [0, 0.1) is 0 Å². The molecule has 0 spiro atoms. The highest BCUT2D eigenvalue weighted by atomic mass is 35.5. The van der Waals surface area contributed by atoms with Crippen molar-refractivity contribution in [3.8, 4) is 0 Å². The predicted octanol–water partition coefficient (Wildman–Crippen LogP) is 1.59. The number of halogens is 1. The van der Waals surface area contributed by atoms with Gasteiger partial charge >= 0.3 is 0 Å². The maximum absolute atomic E-state index is 11.9. The molecule has 8 heteroatoms. The van der Waals surface area contributed by atoms with Crippen LogP contribution in [0.1, 0.15) is 14.5 Å². The van der Waals surface area contributed by atoms with Crippen molar-refractivity contribution in [2.24, 2.45) is 0 Å². The zero-order chi connectivity index (χ0) is 13.0. The Morgan fingerprint density at radius 2 is 2.33 bits per heavy atom. The van der Waals surface area contributed by atoms with Crippen molar-refractivity contribution in [2.45, 2.75) is 12.5 Å². The van der Waals surface area contributed by atoms with Gasteiger partial charge in [-0.3, -0.25) is 9.78 Å². The maximum atomic E-state index is 11.9. The van der Waals surface area contributed by atoms with Crippen LogP contribution in [0.15, 0.2) is 17.2 Å². The van der Waals surface area contributed by atoms with E-state index in [1.165, 1.54) is 28.2 Å². The van der Waals surface area contributed by atoms with E-state index < -0.39 is 0 Å². The van der Waals surface area contributed by atoms with E-state index in [9.17, 15) is 9.90 Å². The molecule has 0 aliphatic heterocycles. The van der Waals surface area contributed by atoms with Crippen LogP contribution in [0.4, 0.5) is 0 Å². The Morgan fingerprint density at radius 3 is 2.89 bits per heavy atom. The summed E-state index contributed by atoms with van der Waals surface area (Å²) in [6.45, 7) is -0.139. The first-order valence-corrected chi connectivity index (χ1v) is 7.22. The lowest BCUT2D eigenvalue weighted by Crippen LogP contribution is -2.38. The summed E-state index contributed by atoms with van der Waals surface area (Å²) in [7, 11) is 0. The number of amides is 1. The number of carbonyl (C=O) groups is 1. The molecular weight excluding hydrogens is 294 g/mol. The number of carbonyl (C=O) groups excluding carboxylic acids is 1. The number of nitrogens with one attached hydrogen (secondary N) is 1. The Bertz CT molecular complexity index is 515. The summed E-state index contributed by atoms with van der Waals surface area (Å²) < 4.78 is 0. The van der Waals surface area contributed by atoms with E-state index in [-0.39, 0.29) is 23.7 Å². The Kier molecular flexibility index (Phi) is 4.65. The fraction of sp³-hybridized carbons (Fsp3) is 0.300. The Balaban J connectivity index is 1.98. The Hall–Kier alpha value is -1.02. The van der Waals surface area contributed by atoms with Crippen LogP contribution in [-0.2, 0) is 6.42 Å². The first-order chi connectivity index (χ1) is 8.70. The first kappa shape index (κ1) is 13.4. The summed E-state index contributed by atoms with van der Waals surface area (Å²) in [6.07, 6.45) is 2.27. The lowest BCUT2D eigenvalue weighted by Gasteiger charge is -2.14. The number of nitrogens with zero attached hydrogens (tertiary/aromatic N) is 2. The minimum atomic E-state index is -0.351. The highest BCUT2D eigenvalue weighted by Crippen LogP contribution is 2.18. The molecule has 1 unspecified atom stereocenters. The second kappa shape index (κ2) is 6.24. The van der Waals surface area contributed by atoms with E-state index in [0.717, 1.165) is 4.88 Å². The molecule has 2 heterocycles. The smallest absolute Gasteiger partial charge is 0.264 e. The normalized spacial score (nSPS) is 12.3. The van der Waals surface area contributed by atoms with Gasteiger partial charge in [0.2, 0.25) is 0 Å². The molecule has 0 aliphatic carbocycles. The van der Waals surface area contributed by atoms with Crippen molar-refractivity contribution < 1.29 is 9.90 Å². The zero-order valence-electron chi connectivity index (χ0n) is 9.17. The number of hydrogen-bond donors (Lipinski definition) is 2. The molecule has 0 saturated carbocycles. The second-order valence-corrected chi connectivity index (χ2v) is 5.68. The van der Waals surface area contributed by atoms with Gasteiger partial charge in [0.1, 0.15) is 4.88 Å². The van der Waals surface area contributed by atoms with Gasteiger partial charge in [-0.15, -0.1) is 22.7 Å². The molecular formula is C10H10ClN3O2S2. The van der Waals surface area contributed by atoms with Gasteiger partial charge in [-0.05, 0) is 0 Å². The third-order valence-corrected chi connectivity index (χ3v) is 4.24. The maximum Gasteiger partial charge on any atom is 0.264 e. The fourth-order valence-electron chi connectivity index (χ4n) is 1.38. The first-order valence-electron chi connectivity index (χ1n) is 5.08. The quantitative estimate of drug-likeness (QED) is 0.879. The van der Waals surface area contributed by atoms with Gasteiger partial charge in [0.05, 0.1) is 23.7 Å². The monoisotopic (exact) mass is 303 g/mol. The molecule has 2 rings (SSSR count). The molecule has 0 radical (unpaired) electrons. The standard InChI is InChI=1S/C10H10ClN3O2S2/c11-9-8(18-5-13-9)10(16)14-6(3-15)1-7-2-12-4-17-7/h2,4-6,15H,1,3H2,(H,14,16). The van der Waals surface area contributed by atoms with Gasteiger partial charge in [-0.1, -0.05) is 11.6 Å². The van der Waals surface area contributed by atoms with E-state index in [1.807, 2.05) is 0 Å². The number of hydrogen-bond acceptors (Lipinski definition) is 6. The minimum Gasteiger partial charge on any atom is -0.394 e. The van der Waals surface area contributed by atoms with Gasteiger partial charge < -0.3 is 10.4 Å². The molecule has 0 aromatic carbocycles. The third kappa shape index (κ3) is 3.26. The molecule has 2 aromatic heterocycles. The van der Waals surface area contributed by atoms with Crippen molar-refractivity contribution in [3.05, 3.63) is 32.1 Å². The molecule has 18 heavy (non-hydrogen) atoms. The molecule has 5 nitrogen and oxygen atoms in total. The molecule has 96 valence electrons. The Morgan fingerprint density at radius 1 is 1.50 bits per heavy atom. The topological polar surface area (TPSA) is 75.1 Å². The number of aromatic nitrogens is 2. The van der Waals surface area contributed by atoms with Gasteiger partial charge in [0.15, 0.2) is 5.15 Å². The molecule has 0 saturated heterocycles. The van der Waals surface area contributed by atoms with Gasteiger partial charge in [0, 0.05) is 17.5 Å². The van der Waals surface area contributed by atoms with Crippen LogP contribution in [-0.4, -0.2) is 33.6 Å². The largest absolute Gasteiger partial charge is 0.394 e. The predicted molar refractivity (Wildman–Crippen MR) is 71.3 cm³/mol. The van der Waals surface area contributed by atoms with Crippen LogP contribution >= 0.6 is 34.3 Å². The van der Waals surface area contributed by atoms with Crippen molar-refractivity contribution in [1.82, 2.24) is 15.3 Å². The highest BCUT2D eigenvalue weighted by Gasteiger charge is 2.18. The molecule has 0 fully saturated rings. The summed E-state index contributed by atoms with van der Waals surface area (Å²) in [5.74, 6) is -0.314.